The fraction of sp³-hybridized carbons (Fsp3) is 0.357. The van der Waals surface area contributed by atoms with E-state index in [1.807, 2.05) is 66.3 Å². The van der Waals surface area contributed by atoms with Crippen LogP contribution in [0.25, 0.3) is 5.69 Å². The zero-order valence-electron chi connectivity index (χ0n) is 20.4. The molecule has 0 spiro atoms. The molecule has 3 aromatic rings. The number of amides is 1. The summed E-state index contributed by atoms with van der Waals surface area (Å²) in [6.45, 7) is 11.5. The lowest BCUT2D eigenvalue weighted by Gasteiger charge is -2.40. The number of nitrogens with zero attached hydrogens (tertiary/aromatic N) is 4. The van der Waals surface area contributed by atoms with E-state index in [9.17, 15) is 9.18 Å². The molecule has 0 saturated carbocycles. The number of hydrogen-bond acceptors (Lipinski definition) is 3. The molecule has 2 aliphatic rings. The van der Waals surface area contributed by atoms with E-state index in [1.165, 1.54) is 0 Å². The third kappa shape index (κ3) is 4.01. The largest absolute Gasteiger partial charge is 0.333 e. The summed E-state index contributed by atoms with van der Waals surface area (Å²) in [6, 6.07) is 17.7. The summed E-state index contributed by atoms with van der Waals surface area (Å²) in [7, 11) is 3.18. The molecule has 4 atom stereocenters. The van der Waals surface area contributed by atoms with Crippen molar-refractivity contribution < 1.29 is 9.18 Å². The Kier molecular flexibility index (Phi) is 5.91. The van der Waals surface area contributed by atoms with Crippen molar-refractivity contribution >= 4 is 22.0 Å². The van der Waals surface area contributed by atoms with Crippen LogP contribution in [0.15, 0.2) is 73.1 Å². The second-order valence-corrected chi connectivity index (χ2v) is 10.6. The molecule has 2 aromatic carbocycles. The van der Waals surface area contributed by atoms with E-state index in [-0.39, 0.29) is 36.8 Å². The molecule has 0 unspecified atom stereocenters. The first kappa shape index (κ1) is 23.5. The molecule has 3 heterocycles. The molecule has 1 amide bonds. The minimum Gasteiger partial charge on any atom is -0.333 e. The van der Waals surface area contributed by atoms with Gasteiger partial charge in [-0.2, -0.15) is 5.10 Å². The van der Waals surface area contributed by atoms with Crippen LogP contribution in [0.3, 0.4) is 0 Å². The molecule has 2 aliphatic heterocycles. The SMILES string of the molecule is C=C1[C@@H](C)[C@H](c2cccc(C(=O)N3C[C@](F)([Si])C[C@H]3C)c2)c2cnn(-c3ccccc3)c2N1CC. The van der Waals surface area contributed by atoms with E-state index in [1.54, 1.807) is 4.90 Å². The third-order valence-corrected chi connectivity index (χ3v) is 7.74. The number of anilines is 1. The molecular formula is C28H30FN4OSi. The van der Waals surface area contributed by atoms with Crippen molar-refractivity contribution in [2.75, 3.05) is 18.0 Å². The van der Waals surface area contributed by atoms with Gasteiger partial charge in [-0.05, 0) is 50.1 Å². The van der Waals surface area contributed by atoms with Gasteiger partial charge in [0.2, 0.25) is 0 Å². The number of allylic oxidation sites excluding steroid dienone is 1. The van der Waals surface area contributed by atoms with E-state index < -0.39 is 5.29 Å². The highest BCUT2D eigenvalue weighted by atomic mass is 28.1. The number of para-hydroxylation sites is 1. The van der Waals surface area contributed by atoms with Crippen LogP contribution in [0.4, 0.5) is 10.2 Å². The smallest absolute Gasteiger partial charge is 0.254 e. The number of benzene rings is 2. The minimum atomic E-state index is -1.53. The highest BCUT2D eigenvalue weighted by molar-refractivity contribution is 6.15. The quantitative estimate of drug-likeness (QED) is 0.485. The molecule has 179 valence electrons. The molecule has 5 nitrogen and oxygen atoms in total. The van der Waals surface area contributed by atoms with Crippen LogP contribution in [0, 0.1) is 5.92 Å². The lowest BCUT2D eigenvalue weighted by atomic mass is 9.77. The van der Waals surface area contributed by atoms with Gasteiger partial charge in [0, 0.05) is 41.2 Å². The molecule has 5 rings (SSSR count). The average Bonchev–Trinajstić information content (AvgIpc) is 3.39. The van der Waals surface area contributed by atoms with Crippen LogP contribution in [-0.4, -0.2) is 55.3 Å². The highest BCUT2D eigenvalue weighted by Gasteiger charge is 2.42. The van der Waals surface area contributed by atoms with Crippen molar-refractivity contribution in [3.63, 3.8) is 0 Å². The summed E-state index contributed by atoms with van der Waals surface area (Å²) < 4.78 is 16.5. The van der Waals surface area contributed by atoms with Crippen molar-refractivity contribution in [2.45, 2.75) is 44.4 Å². The average molecular weight is 486 g/mol. The number of carbonyl (C=O) groups excluding carboxylic acids is 1. The van der Waals surface area contributed by atoms with E-state index >= 15 is 0 Å². The summed E-state index contributed by atoms with van der Waals surface area (Å²) in [5.41, 5.74) is 4.73. The third-order valence-electron chi connectivity index (χ3n) is 7.38. The first-order chi connectivity index (χ1) is 16.7. The van der Waals surface area contributed by atoms with Crippen molar-refractivity contribution in [1.29, 1.82) is 0 Å². The van der Waals surface area contributed by atoms with Crippen molar-refractivity contribution in [3.8, 4) is 5.69 Å². The van der Waals surface area contributed by atoms with Crippen LogP contribution in [-0.2, 0) is 0 Å². The first-order valence-corrected chi connectivity index (χ1v) is 12.7. The highest BCUT2D eigenvalue weighted by Crippen LogP contribution is 2.47. The predicted octanol–water partition coefficient (Wildman–Crippen LogP) is 5.06. The van der Waals surface area contributed by atoms with Gasteiger partial charge in [0.05, 0.1) is 28.7 Å². The number of carbonyl (C=O) groups is 1. The zero-order chi connectivity index (χ0) is 24.9. The lowest BCUT2D eigenvalue weighted by molar-refractivity contribution is 0.0735. The molecule has 0 N–H and O–H groups in total. The second kappa shape index (κ2) is 8.79. The number of likely N-dealkylation sites (tertiary alicyclic amines) is 1. The number of halogens is 1. The van der Waals surface area contributed by atoms with Gasteiger partial charge in [0.1, 0.15) is 11.1 Å². The molecule has 1 aromatic heterocycles. The van der Waals surface area contributed by atoms with Gasteiger partial charge < -0.3 is 9.80 Å². The van der Waals surface area contributed by atoms with Crippen LogP contribution < -0.4 is 4.90 Å². The monoisotopic (exact) mass is 485 g/mol. The van der Waals surface area contributed by atoms with Gasteiger partial charge in [0.25, 0.3) is 5.91 Å². The number of fused-ring (bicyclic) bond motifs is 1. The normalized spacial score (nSPS) is 26.2. The molecule has 1 fully saturated rings. The summed E-state index contributed by atoms with van der Waals surface area (Å²) in [6.07, 6.45) is 2.22. The van der Waals surface area contributed by atoms with E-state index in [0.717, 1.165) is 34.9 Å². The first-order valence-electron chi connectivity index (χ1n) is 12.2. The minimum absolute atomic E-state index is 0.00224. The second-order valence-electron chi connectivity index (χ2n) is 9.75. The molecular weight excluding hydrogens is 455 g/mol. The molecule has 0 bridgehead atoms. The van der Waals surface area contributed by atoms with Gasteiger partial charge >= 0.3 is 0 Å². The molecule has 1 saturated heterocycles. The number of aromatic nitrogens is 2. The van der Waals surface area contributed by atoms with Gasteiger partial charge in [-0.1, -0.05) is 43.8 Å². The summed E-state index contributed by atoms with van der Waals surface area (Å²) in [5, 5.41) is 3.23. The maximum Gasteiger partial charge on any atom is 0.254 e. The Morgan fingerprint density at radius 2 is 1.94 bits per heavy atom. The maximum atomic E-state index is 14.5. The summed E-state index contributed by atoms with van der Waals surface area (Å²) in [5.74, 6) is 0.984. The Bertz CT molecular complexity index is 1270. The van der Waals surface area contributed by atoms with Crippen LogP contribution in [0.2, 0.25) is 0 Å². The van der Waals surface area contributed by atoms with E-state index in [2.05, 4.69) is 41.6 Å². The predicted molar refractivity (Wildman–Crippen MR) is 138 cm³/mol. The van der Waals surface area contributed by atoms with Gasteiger partial charge in [-0.15, -0.1) is 0 Å². The van der Waals surface area contributed by atoms with Crippen molar-refractivity contribution in [3.05, 3.63) is 89.8 Å². The molecule has 3 radical (unpaired) electrons. The van der Waals surface area contributed by atoms with Crippen molar-refractivity contribution in [2.24, 2.45) is 5.92 Å². The van der Waals surface area contributed by atoms with Gasteiger partial charge in [-0.25, -0.2) is 9.07 Å². The lowest BCUT2D eigenvalue weighted by Crippen LogP contribution is -2.36. The van der Waals surface area contributed by atoms with E-state index in [4.69, 9.17) is 5.10 Å². The van der Waals surface area contributed by atoms with Crippen LogP contribution in [0.5, 0.6) is 0 Å². The number of hydrogen-bond donors (Lipinski definition) is 0. The van der Waals surface area contributed by atoms with Crippen molar-refractivity contribution in [1.82, 2.24) is 14.7 Å². The Hall–Kier alpha value is -3.19. The van der Waals surface area contributed by atoms with Crippen LogP contribution >= 0.6 is 0 Å². The Balaban J connectivity index is 1.57. The summed E-state index contributed by atoms with van der Waals surface area (Å²) >= 11 is 0. The topological polar surface area (TPSA) is 41.4 Å². The summed E-state index contributed by atoms with van der Waals surface area (Å²) in [4.78, 5) is 17.2. The zero-order valence-corrected chi connectivity index (χ0v) is 21.4. The Labute approximate surface area is 209 Å². The molecule has 0 aliphatic carbocycles. The fourth-order valence-electron chi connectivity index (χ4n) is 5.64. The van der Waals surface area contributed by atoms with E-state index in [0.29, 0.717) is 5.56 Å². The Morgan fingerprint density at radius 3 is 2.60 bits per heavy atom. The van der Waals surface area contributed by atoms with Crippen LogP contribution in [0.1, 0.15) is 54.6 Å². The van der Waals surface area contributed by atoms with Gasteiger partial charge in [0.15, 0.2) is 0 Å². The Morgan fingerprint density at radius 1 is 1.20 bits per heavy atom. The molecule has 7 heteroatoms. The van der Waals surface area contributed by atoms with Gasteiger partial charge in [-0.3, -0.25) is 4.79 Å². The number of alkyl halides is 1. The number of rotatable bonds is 4. The maximum absolute atomic E-state index is 14.5. The standard InChI is InChI=1S/C28H30FN4OSi/c1-5-31-20(4)19(3)25(24-16-30-33(26(24)31)23-12-7-6-8-13-23)21-10-9-11-22(14-21)27(34)32-17-28(29,35)15-18(32)2/h6-14,16,18-19,25H,4-5,15,17H2,1-3H3/t18-,19-,25-,28-/m1/s1. The fourth-order valence-corrected chi connectivity index (χ4v) is 6.10. The molecule has 35 heavy (non-hydrogen) atoms.